The lowest BCUT2D eigenvalue weighted by atomic mass is 9.98. The minimum absolute atomic E-state index is 0.529. The zero-order chi connectivity index (χ0) is 9.30. The maximum Gasteiger partial charge on any atom is 0.213 e. The molecule has 5 nitrogen and oxygen atoms in total. The molecule has 0 bridgehead atoms. The molecule has 1 aliphatic heterocycles. The second-order valence-electron chi connectivity index (χ2n) is 2.77. The summed E-state index contributed by atoms with van der Waals surface area (Å²) in [4.78, 5) is 0. The van der Waals surface area contributed by atoms with Gasteiger partial charge < -0.3 is 25.8 Å². The van der Waals surface area contributed by atoms with Gasteiger partial charge in [-0.1, -0.05) is 0 Å². The minimum Gasteiger partial charge on any atom is -0.389 e. The van der Waals surface area contributed by atoms with Gasteiger partial charge in [0.05, 0.1) is 18.2 Å². The van der Waals surface area contributed by atoms with Crippen molar-refractivity contribution in [2.75, 3.05) is 0 Å². The summed E-state index contributed by atoms with van der Waals surface area (Å²) in [6, 6.07) is -0.830. The van der Waals surface area contributed by atoms with Crippen LogP contribution >= 0.6 is 0 Å². The molecule has 1 fully saturated rings. The van der Waals surface area contributed by atoms with Gasteiger partial charge in [0.2, 0.25) is 1.43 Å². The Bertz CT molecular complexity index is 154. The summed E-state index contributed by atoms with van der Waals surface area (Å²) in [7, 11) is 0. The Labute approximate surface area is 65.9 Å². The largest absolute Gasteiger partial charge is 0.389 e. The van der Waals surface area contributed by atoms with Crippen LogP contribution in [0.3, 0.4) is 0 Å². The third-order valence-corrected chi connectivity index (χ3v) is 1.90. The van der Waals surface area contributed by atoms with Gasteiger partial charge in [-0.2, -0.15) is 0 Å². The number of aliphatic hydroxyl groups is 3. The topological polar surface area (TPSA) is 95.9 Å². The van der Waals surface area contributed by atoms with Crippen LogP contribution < -0.4 is 5.73 Å². The first-order chi connectivity index (χ1) is 5.57. The molecule has 5 heteroatoms. The van der Waals surface area contributed by atoms with Crippen molar-refractivity contribution in [3.8, 4) is 0 Å². The third kappa shape index (κ3) is 1.52. The first-order valence-corrected chi connectivity index (χ1v) is 3.47. The van der Waals surface area contributed by atoms with Crippen LogP contribution in [-0.2, 0) is 4.74 Å². The van der Waals surface area contributed by atoms with Crippen molar-refractivity contribution in [1.82, 2.24) is 0 Å². The van der Waals surface area contributed by atoms with Crippen molar-refractivity contribution in [1.29, 1.82) is 1.43 Å². The van der Waals surface area contributed by atoms with E-state index in [9.17, 15) is 10.2 Å². The van der Waals surface area contributed by atoms with E-state index in [2.05, 4.69) is 5.11 Å². The van der Waals surface area contributed by atoms with Crippen molar-refractivity contribution >= 4 is 0 Å². The summed E-state index contributed by atoms with van der Waals surface area (Å²) >= 11 is 0. The fourth-order valence-electron chi connectivity index (χ4n) is 1.07. The predicted octanol–water partition coefficient (Wildman–Crippen LogP) is -2.23. The Balaban J connectivity index is 2.63. The van der Waals surface area contributed by atoms with Gasteiger partial charge in [-0.05, 0) is 6.92 Å². The van der Waals surface area contributed by atoms with Gasteiger partial charge in [-0.25, -0.2) is 0 Å². The van der Waals surface area contributed by atoms with E-state index < -0.39 is 30.6 Å². The molecule has 0 aliphatic carbocycles. The smallest absolute Gasteiger partial charge is 0.213 e. The van der Waals surface area contributed by atoms with Gasteiger partial charge in [0.25, 0.3) is 0 Å². The summed E-state index contributed by atoms with van der Waals surface area (Å²) in [5.74, 6) is 0. The molecule has 1 rings (SSSR count). The highest BCUT2D eigenvalue weighted by Gasteiger charge is 2.39. The highest BCUT2D eigenvalue weighted by atomic mass is 16.6. The molecule has 1 saturated heterocycles. The number of aliphatic hydroxyl groups excluding tert-OH is 3. The highest BCUT2D eigenvalue weighted by molar-refractivity contribution is 4.89. The zero-order valence-electron chi connectivity index (χ0n) is 7.18. The molecule has 0 aromatic carbocycles. The van der Waals surface area contributed by atoms with Gasteiger partial charge in [-0.3, -0.25) is 0 Å². The SMILES string of the molecule is [3H]OC1OC(C)C(O)C(N)C1O. The van der Waals surface area contributed by atoms with Crippen molar-refractivity contribution in [3.63, 3.8) is 0 Å². The molecular weight excluding hydrogens is 150 g/mol. The highest BCUT2D eigenvalue weighted by Crippen LogP contribution is 2.17. The summed E-state index contributed by atoms with van der Waals surface area (Å²) < 4.78 is 11.5. The van der Waals surface area contributed by atoms with Crippen LogP contribution in [0.15, 0.2) is 0 Å². The van der Waals surface area contributed by atoms with Crippen molar-refractivity contribution in [2.45, 2.75) is 37.6 Å². The Morgan fingerprint density at radius 3 is 2.64 bits per heavy atom. The molecule has 0 aromatic heterocycles. The summed E-state index contributed by atoms with van der Waals surface area (Å²) in [6.45, 7) is 1.60. The fraction of sp³-hybridized carbons (Fsp3) is 1.00. The molecule has 5 unspecified atom stereocenters. The normalized spacial score (nSPS) is 53.8. The molecule has 1 aliphatic rings. The van der Waals surface area contributed by atoms with E-state index in [4.69, 9.17) is 11.9 Å². The van der Waals surface area contributed by atoms with Gasteiger partial charge in [0, 0.05) is 0 Å². The van der Waals surface area contributed by atoms with Crippen LogP contribution in [0.25, 0.3) is 0 Å². The lowest BCUT2D eigenvalue weighted by molar-refractivity contribution is -0.247. The van der Waals surface area contributed by atoms with Gasteiger partial charge in [0.15, 0.2) is 6.29 Å². The molecule has 1 heterocycles. The van der Waals surface area contributed by atoms with Gasteiger partial charge in [-0.15, -0.1) is 0 Å². The fourth-order valence-corrected chi connectivity index (χ4v) is 1.07. The number of hydrogen-bond acceptors (Lipinski definition) is 5. The van der Waals surface area contributed by atoms with E-state index in [0.717, 1.165) is 0 Å². The average Bonchev–Trinajstić information content (AvgIpc) is 2.08. The second-order valence-corrected chi connectivity index (χ2v) is 2.77. The number of nitrogens with two attached hydrogens (primary N) is 1. The van der Waals surface area contributed by atoms with Crippen LogP contribution in [0.2, 0.25) is 0 Å². The van der Waals surface area contributed by atoms with E-state index >= 15 is 0 Å². The lowest BCUT2D eigenvalue weighted by Crippen LogP contribution is -2.60. The Morgan fingerprint density at radius 2 is 2.09 bits per heavy atom. The monoisotopic (exact) mass is 165 g/mol. The standard InChI is InChI=1S/C6H13NO4/c1-2-4(8)3(7)5(9)6(10)11-2/h2-6,8-10H,7H2,1H3/i10T. The van der Waals surface area contributed by atoms with Crippen LogP contribution in [-0.4, -0.2) is 47.4 Å². The predicted molar refractivity (Wildman–Crippen MR) is 36.5 cm³/mol. The molecule has 5 atom stereocenters. The van der Waals surface area contributed by atoms with Crippen molar-refractivity contribution in [2.24, 2.45) is 5.73 Å². The quantitative estimate of drug-likeness (QED) is 0.353. The van der Waals surface area contributed by atoms with E-state index in [0.29, 0.717) is 0 Å². The van der Waals surface area contributed by atoms with Crippen LogP contribution in [0.4, 0.5) is 0 Å². The van der Waals surface area contributed by atoms with E-state index in [-0.39, 0.29) is 0 Å². The first-order valence-electron chi connectivity index (χ1n) is 3.88. The summed E-state index contributed by atoms with van der Waals surface area (Å²) in [5.41, 5.74) is 5.43. The summed E-state index contributed by atoms with van der Waals surface area (Å²) in [5, 5.41) is 22.7. The molecule has 66 valence electrons. The lowest BCUT2D eigenvalue weighted by Gasteiger charge is -2.37. The molecule has 0 spiro atoms. The molecule has 11 heavy (non-hydrogen) atoms. The first kappa shape index (κ1) is 7.45. The number of hydrogen-bond donors (Lipinski definition) is 4. The van der Waals surface area contributed by atoms with E-state index in [1.165, 1.54) is 0 Å². The summed E-state index contributed by atoms with van der Waals surface area (Å²) in [6.07, 6.45) is -3.68. The van der Waals surface area contributed by atoms with Crippen molar-refractivity contribution < 1.29 is 20.1 Å². The van der Waals surface area contributed by atoms with Crippen LogP contribution in [0.1, 0.15) is 6.92 Å². The molecule has 0 aromatic rings. The van der Waals surface area contributed by atoms with Gasteiger partial charge in [0.1, 0.15) is 6.10 Å². The second kappa shape index (κ2) is 3.04. The average molecular weight is 165 g/mol. The number of ether oxygens (including phenoxy) is 1. The molecule has 0 amide bonds. The molecular formula is C6H13NO4. The van der Waals surface area contributed by atoms with Crippen molar-refractivity contribution in [3.05, 3.63) is 0 Å². The third-order valence-electron chi connectivity index (χ3n) is 1.90. The zero-order valence-corrected chi connectivity index (χ0v) is 6.18. The molecule has 0 saturated carbocycles. The Hall–Kier alpha value is -0.200. The van der Waals surface area contributed by atoms with Crippen LogP contribution in [0, 0.1) is 0 Å². The Kier molecular flexibility index (Phi) is 2.06. The molecule has 0 radical (unpaired) electrons. The maximum absolute atomic E-state index is 9.30. The van der Waals surface area contributed by atoms with E-state index in [1.807, 2.05) is 0 Å². The maximum atomic E-state index is 9.30. The minimum atomic E-state index is -1.16. The van der Waals surface area contributed by atoms with E-state index in [1.54, 1.807) is 6.92 Å². The van der Waals surface area contributed by atoms with Gasteiger partial charge >= 0.3 is 0 Å². The molecule has 5 N–H and O–H groups in total. The van der Waals surface area contributed by atoms with Crippen LogP contribution in [0.5, 0.6) is 0 Å². The number of rotatable bonds is 1. The Morgan fingerprint density at radius 1 is 1.45 bits per heavy atom.